The van der Waals surface area contributed by atoms with Gasteiger partial charge in [0.25, 0.3) is 5.91 Å². The lowest BCUT2D eigenvalue weighted by Crippen LogP contribution is -2.45. The first-order chi connectivity index (χ1) is 18.5. The number of anilines is 3. The second kappa shape index (κ2) is 9.04. The Morgan fingerprint density at radius 3 is 2.62 bits per heavy atom. The minimum atomic E-state index is -4.56. The van der Waals surface area contributed by atoms with Crippen molar-refractivity contribution in [1.82, 2.24) is 9.97 Å². The van der Waals surface area contributed by atoms with Crippen molar-refractivity contribution in [3.05, 3.63) is 76.6 Å². The molecule has 3 N–H and O–H groups in total. The summed E-state index contributed by atoms with van der Waals surface area (Å²) in [5, 5.41) is 15.4. The van der Waals surface area contributed by atoms with Gasteiger partial charge >= 0.3 is 6.18 Å². The molecule has 2 aromatic carbocycles. The van der Waals surface area contributed by atoms with Gasteiger partial charge in [-0.3, -0.25) is 9.59 Å². The van der Waals surface area contributed by atoms with Crippen LogP contribution in [0.2, 0.25) is 0 Å². The fourth-order valence-electron chi connectivity index (χ4n) is 5.28. The Balaban J connectivity index is 1.25. The molecule has 11 heteroatoms. The fraction of sp³-hybridized carbons (Fsp3) is 0.357. The minimum Gasteiger partial charge on any atom is -0.393 e. The molecule has 1 aliphatic heterocycles. The number of amides is 2. The number of carbonyl (C=O) groups is 2. The summed E-state index contributed by atoms with van der Waals surface area (Å²) in [6.45, 7) is 2.11. The second-order valence-corrected chi connectivity index (χ2v) is 10.5. The molecule has 1 spiro atoms. The van der Waals surface area contributed by atoms with Crippen LogP contribution in [0.1, 0.15) is 58.4 Å². The molecule has 0 unspecified atom stereocenters. The Labute approximate surface area is 222 Å². The zero-order valence-electron chi connectivity index (χ0n) is 21.0. The van der Waals surface area contributed by atoms with Crippen molar-refractivity contribution in [2.75, 3.05) is 15.5 Å². The molecule has 3 aliphatic rings. The first-order valence-corrected chi connectivity index (χ1v) is 12.8. The highest BCUT2D eigenvalue weighted by Gasteiger charge is 2.58. The maximum atomic E-state index is 13.8. The van der Waals surface area contributed by atoms with E-state index in [0.717, 1.165) is 29.0 Å². The number of nitrogens with zero attached hydrogens (tertiary/aromatic N) is 3. The highest BCUT2D eigenvalue weighted by molar-refractivity contribution is 6.07. The first-order valence-electron chi connectivity index (χ1n) is 12.8. The van der Waals surface area contributed by atoms with E-state index < -0.39 is 23.1 Å². The largest absolute Gasteiger partial charge is 0.416 e. The highest BCUT2D eigenvalue weighted by Crippen LogP contribution is 2.53. The van der Waals surface area contributed by atoms with Crippen molar-refractivity contribution in [3.8, 4) is 0 Å². The molecule has 3 aromatic rings. The number of fused-ring (bicyclic) bond motifs is 2. The molecule has 0 saturated heterocycles. The molecule has 2 saturated carbocycles. The van der Waals surface area contributed by atoms with Crippen molar-refractivity contribution in [2.45, 2.75) is 62.9 Å². The predicted molar refractivity (Wildman–Crippen MR) is 137 cm³/mol. The molecule has 202 valence electrons. The maximum absolute atomic E-state index is 13.8. The number of aromatic nitrogens is 2. The van der Waals surface area contributed by atoms with Crippen molar-refractivity contribution in [1.29, 1.82) is 0 Å². The van der Waals surface area contributed by atoms with Gasteiger partial charge in [-0.15, -0.1) is 0 Å². The summed E-state index contributed by atoms with van der Waals surface area (Å²) >= 11 is 0. The Morgan fingerprint density at radius 2 is 1.92 bits per heavy atom. The van der Waals surface area contributed by atoms with Crippen LogP contribution < -0.4 is 15.5 Å². The summed E-state index contributed by atoms with van der Waals surface area (Å²) < 4.78 is 39.3. The Kier molecular flexibility index (Phi) is 5.87. The van der Waals surface area contributed by atoms with E-state index in [1.807, 2.05) is 6.92 Å². The van der Waals surface area contributed by atoms with Gasteiger partial charge in [-0.25, -0.2) is 9.97 Å². The van der Waals surface area contributed by atoms with E-state index in [1.165, 1.54) is 12.1 Å². The average Bonchev–Trinajstić information content (AvgIpc) is 3.68. The van der Waals surface area contributed by atoms with Crippen LogP contribution in [0.5, 0.6) is 0 Å². The van der Waals surface area contributed by atoms with Gasteiger partial charge < -0.3 is 20.6 Å². The molecule has 2 amide bonds. The van der Waals surface area contributed by atoms with Gasteiger partial charge in [-0.05, 0) is 68.5 Å². The summed E-state index contributed by atoms with van der Waals surface area (Å²) in [5.74, 6) is -0.311. The smallest absolute Gasteiger partial charge is 0.393 e. The number of rotatable bonds is 5. The number of carbonyl (C=O) groups excluding carboxylic acids is 2. The first kappa shape index (κ1) is 25.3. The van der Waals surface area contributed by atoms with E-state index in [-0.39, 0.29) is 30.2 Å². The molecule has 1 aromatic heterocycles. The van der Waals surface area contributed by atoms with Crippen LogP contribution in [0.25, 0.3) is 0 Å². The second-order valence-electron chi connectivity index (χ2n) is 10.5. The van der Waals surface area contributed by atoms with Crippen molar-refractivity contribution >= 4 is 29.1 Å². The zero-order chi connectivity index (χ0) is 27.5. The molecule has 0 radical (unpaired) electrons. The maximum Gasteiger partial charge on any atom is 0.416 e. The summed E-state index contributed by atoms with van der Waals surface area (Å²) in [6.07, 6.45) is -0.529. The van der Waals surface area contributed by atoms with Crippen LogP contribution in [0.4, 0.5) is 30.5 Å². The lowest BCUT2D eigenvalue weighted by molar-refractivity contribution is -0.137. The SMILES string of the molecule is Cc1ccc(NC(=O)c2cccc(C(F)(F)F)c2)cc1N1Cc2cnc(NC3CC(O)C3)nc2C2(CC2)C1=O. The van der Waals surface area contributed by atoms with Gasteiger partial charge in [0.15, 0.2) is 0 Å². The van der Waals surface area contributed by atoms with E-state index >= 15 is 0 Å². The lowest BCUT2D eigenvalue weighted by atomic mass is 9.89. The van der Waals surface area contributed by atoms with Crippen molar-refractivity contribution in [3.63, 3.8) is 0 Å². The Morgan fingerprint density at radius 1 is 1.15 bits per heavy atom. The monoisotopic (exact) mass is 537 g/mol. The normalized spacial score (nSPS) is 21.3. The van der Waals surface area contributed by atoms with E-state index in [1.54, 1.807) is 29.3 Å². The molecule has 6 rings (SSSR count). The number of hydrogen-bond acceptors (Lipinski definition) is 6. The quantitative estimate of drug-likeness (QED) is 0.440. The average molecular weight is 538 g/mol. The molecular formula is C28H26F3N5O3. The highest BCUT2D eigenvalue weighted by atomic mass is 19.4. The standard InChI is InChI=1S/C28H26F3N5O3/c1-15-5-6-19(33-24(38)16-3-2-4-18(9-16)28(29,30)31)12-22(15)36-14-17-13-32-26(34-20-10-21(37)11-20)35-23(17)27(7-8-27)25(36)39/h2-6,9,12-13,20-21,37H,7-8,10-11,14H2,1H3,(H,33,38)(H,32,34,35). The number of alkyl halides is 3. The number of aryl methyl sites for hydroxylation is 1. The van der Waals surface area contributed by atoms with E-state index in [4.69, 9.17) is 4.98 Å². The van der Waals surface area contributed by atoms with Crippen molar-refractivity contribution < 1.29 is 27.9 Å². The summed E-state index contributed by atoms with van der Waals surface area (Å²) in [7, 11) is 0. The lowest BCUT2D eigenvalue weighted by Gasteiger charge is -2.35. The van der Waals surface area contributed by atoms with Gasteiger partial charge in [0, 0.05) is 34.7 Å². The molecule has 0 bridgehead atoms. The van der Waals surface area contributed by atoms with Crippen LogP contribution >= 0.6 is 0 Å². The summed E-state index contributed by atoms with van der Waals surface area (Å²) in [5.41, 5.74) is 1.59. The number of aliphatic hydroxyl groups is 1. The molecule has 2 aliphatic carbocycles. The number of nitrogens with one attached hydrogen (secondary N) is 2. The van der Waals surface area contributed by atoms with Gasteiger partial charge in [0.1, 0.15) is 0 Å². The van der Waals surface area contributed by atoms with Crippen molar-refractivity contribution in [2.24, 2.45) is 0 Å². The number of aliphatic hydroxyl groups excluding tert-OH is 1. The third-order valence-corrected chi connectivity index (χ3v) is 7.71. The summed E-state index contributed by atoms with van der Waals surface area (Å²) in [6, 6.07) is 9.41. The Bertz CT molecular complexity index is 1480. The minimum absolute atomic E-state index is 0.0804. The van der Waals surface area contributed by atoms with Crippen LogP contribution in [0, 0.1) is 6.92 Å². The molecule has 8 nitrogen and oxygen atoms in total. The molecular weight excluding hydrogens is 511 g/mol. The van der Waals surface area contributed by atoms with Gasteiger partial charge in [0.2, 0.25) is 11.9 Å². The van der Waals surface area contributed by atoms with E-state index in [0.29, 0.717) is 43.0 Å². The van der Waals surface area contributed by atoms with Crippen LogP contribution in [0.15, 0.2) is 48.7 Å². The van der Waals surface area contributed by atoms with E-state index in [2.05, 4.69) is 15.6 Å². The van der Waals surface area contributed by atoms with Gasteiger partial charge in [0.05, 0.1) is 29.3 Å². The predicted octanol–water partition coefficient (Wildman–Crippen LogP) is 4.57. The van der Waals surface area contributed by atoms with Gasteiger partial charge in [-0.1, -0.05) is 12.1 Å². The number of halogens is 3. The number of hydrogen-bond donors (Lipinski definition) is 3. The van der Waals surface area contributed by atoms with Crippen LogP contribution in [-0.2, 0) is 22.9 Å². The summed E-state index contributed by atoms with van der Waals surface area (Å²) in [4.78, 5) is 37.4. The Hall–Kier alpha value is -3.99. The van der Waals surface area contributed by atoms with Crippen LogP contribution in [-0.4, -0.2) is 39.0 Å². The van der Waals surface area contributed by atoms with E-state index in [9.17, 15) is 27.9 Å². The number of benzene rings is 2. The third kappa shape index (κ3) is 4.60. The zero-order valence-corrected chi connectivity index (χ0v) is 21.0. The third-order valence-electron chi connectivity index (χ3n) is 7.71. The fourth-order valence-corrected chi connectivity index (χ4v) is 5.28. The van der Waals surface area contributed by atoms with Crippen LogP contribution in [0.3, 0.4) is 0 Å². The molecule has 39 heavy (non-hydrogen) atoms. The molecule has 2 heterocycles. The topological polar surface area (TPSA) is 107 Å². The molecule has 2 fully saturated rings. The van der Waals surface area contributed by atoms with Gasteiger partial charge in [-0.2, -0.15) is 13.2 Å². The molecule has 0 atom stereocenters.